The van der Waals surface area contributed by atoms with Gasteiger partial charge in [0.2, 0.25) is 0 Å². The molecule has 0 spiro atoms. The van der Waals surface area contributed by atoms with Gasteiger partial charge in [0, 0.05) is 25.6 Å². The minimum Gasteiger partial charge on any atom is -0.491 e. The summed E-state index contributed by atoms with van der Waals surface area (Å²) in [6.45, 7) is 4.56. The highest BCUT2D eigenvalue weighted by Gasteiger charge is 2.16. The highest BCUT2D eigenvalue weighted by Crippen LogP contribution is 2.18. The molecular weight excluding hydrogens is 275 g/mol. The van der Waals surface area contributed by atoms with Crippen molar-refractivity contribution < 1.29 is 18.7 Å². The Morgan fingerprint density at radius 3 is 3.00 bits per heavy atom. The summed E-state index contributed by atoms with van der Waals surface area (Å²) in [7, 11) is 0. The molecule has 1 atom stereocenters. The minimum absolute atomic E-state index is 0.229. The summed E-state index contributed by atoms with van der Waals surface area (Å²) in [6, 6.07) is 4.43. The first kappa shape index (κ1) is 15.6. The van der Waals surface area contributed by atoms with Crippen LogP contribution in [0.25, 0.3) is 0 Å². The highest BCUT2D eigenvalue weighted by atomic mass is 19.1. The maximum absolute atomic E-state index is 13.6. The third kappa shape index (κ3) is 4.90. The molecular formula is C15H21FN2O3. The van der Waals surface area contributed by atoms with Gasteiger partial charge in [-0.1, -0.05) is 6.07 Å². The SMILES string of the molecule is CCOc1ccc(CNC(=O)NCC2CCOC2)cc1F. The van der Waals surface area contributed by atoms with Crippen LogP contribution in [0.1, 0.15) is 18.9 Å². The average Bonchev–Trinajstić information content (AvgIpc) is 2.99. The van der Waals surface area contributed by atoms with E-state index in [-0.39, 0.29) is 18.3 Å². The van der Waals surface area contributed by atoms with E-state index in [9.17, 15) is 9.18 Å². The lowest BCUT2D eigenvalue weighted by atomic mass is 10.1. The van der Waals surface area contributed by atoms with Crippen molar-refractivity contribution in [2.24, 2.45) is 5.92 Å². The van der Waals surface area contributed by atoms with Crippen LogP contribution in [-0.4, -0.2) is 32.4 Å². The lowest BCUT2D eigenvalue weighted by Gasteiger charge is -2.11. The molecule has 1 aliphatic rings. The largest absolute Gasteiger partial charge is 0.491 e. The van der Waals surface area contributed by atoms with Crippen molar-refractivity contribution in [1.82, 2.24) is 10.6 Å². The molecule has 0 aromatic heterocycles. The van der Waals surface area contributed by atoms with Crippen LogP contribution in [0.4, 0.5) is 9.18 Å². The van der Waals surface area contributed by atoms with Gasteiger partial charge in [0.1, 0.15) is 0 Å². The molecule has 0 saturated carbocycles. The topological polar surface area (TPSA) is 59.6 Å². The third-order valence-electron chi connectivity index (χ3n) is 3.32. The molecule has 6 heteroatoms. The fourth-order valence-electron chi connectivity index (χ4n) is 2.15. The quantitative estimate of drug-likeness (QED) is 0.845. The van der Waals surface area contributed by atoms with E-state index < -0.39 is 5.82 Å². The van der Waals surface area contributed by atoms with Crippen LogP contribution in [0.2, 0.25) is 0 Å². The standard InChI is InChI=1S/C15H21FN2O3/c1-2-21-14-4-3-11(7-13(14)16)8-17-15(19)18-9-12-5-6-20-10-12/h3-4,7,12H,2,5-6,8-10H2,1H3,(H2,17,18,19). The molecule has 2 rings (SSSR count). The highest BCUT2D eigenvalue weighted by molar-refractivity contribution is 5.73. The van der Waals surface area contributed by atoms with Gasteiger partial charge in [-0.15, -0.1) is 0 Å². The Hall–Kier alpha value is -1.82. The molecule has 21 heavy (non-hydrogen) atoms. The Labute approximate surface area is 123 Å². The summed E-state index contributed by atoms with van der Waals surface area (Å²) in [5, 5.41) is 5.50. The van der Waals surface area contributed by atoms with Crippen molar-refractivity contribution in [1.29, 1.82) is 0 Å². The Balaban J connectivity index is 1.74. The predicted octanol–water partition coefficient (Wildman–Crippen LogP) is 2.06. The lowest BCUT2D eigenvalue weighted by molar-refractivity contribution is 0.185. The van der Waals surface area contributed by atoms with Crippen molar-refractivity contribution >= 4 is 6.03 Å². The maximum atomic E-state index is 13.6. The van der Waals surface area contributed by atoms with Crippen molar-refractivity contribution in [2.45, 2.75) is 19.9 Å². The summed E-state index contributed by atoms with van der Waals surface area (Å²) in [5.41, 5.74) is 0.690. The second-order valence-electron chi connectivity index (χ2n) is 4.99. The first-order valence-electron chi connectivity index (χ1n) is 7.19. The van der Waals surface area contributed by atoms with Crippen molar-refractivity contribution in [3.8, 4) is 5.75 Å². The number of nitrogens with one attached hydrogen (secondary N) is 2. The van der Waals surface area contributed by atoms with Gasteiger partial charge in [-0.05, 0) is 31.0 Å². The zero-order valence-electron chi connectivity index (χ0n) is 12.2. The fraction of sp³-hybridized carbons (Fsp3) is 0.533. The average molecular weight is 296 g/mol. The van der Waals surface area contributed by atoms with E-state index in [1.807, 2.05) is 0 Å². The summed E-state index contributed by atoms with van der Waals surface area (Å²) >= 11 is 0. The molecule has 1 fully saturated rings. The summed E-state index contributed by atoms with van der Waals surface area (Å²) in [6.07, 6.45) is 0.977. The number of ether oxygens (including phenoxy) is 2. The number of halogens is 1. The second kappa shape index (κ2) is 7.83. The van der Waals surface area contributed by atoms with Crippen LogP contribution >= 0.6 is 0 Å². The molecule has 1 saturated heterocycles. The molecule has 0 bridgehead atoms. The number of hydrogen-bond donors (Lipinski definition) is 2. The van der Waals surface area contributed by atoms with Gasteiger partial charge >= 0.3 is 6.03 Å². The first-order valence-corrected chi connectivity index (χ1v) is 7.19. The number of carbonyl (C=O) groups excluding carboxylic acids is 1. The number of urea groups is 1. The number of rotatable bonds is 6. The van der Waals surface area contributed by atoms with Crippen molar-refractivity contribution in [3.63, 3.8) is 0 Å². The zero-order chi connectivity index (χ0) is 15.1. The first-order chi connectivity index (χ1) is 10.2. The molecule has 116 valence electrons. The second-order valence-corrected chi connectivity index (χ2v) is 4.99. The van der Waals surface area contributed by atoms with E-state index in [4.69, 9.17) is 9.47 Å². The van der Waals surface area contributed by atoms with E-state index >= 15 is 0 Å². The maximum Gasteiger partial charge on any atom is 0.315 e. The van der Waals surface area contributed by atoms with Crippen LogP contribution in [0.5, 0.6) is 5.75 Å². The molecule has 1 aliphatic heterocycles. The van der Waals surface area contributed by atoms with Crippen LogP contribution in [0, 0.1) is 11.7 Å². The van der Waals surface area contributed by atoms with Crippen molar-refractivity contribution in [3.05, 3.63) is 29.6 Å². The monoisotopic (exact) mass is 296 g/mol. The number of hydrogen-bond acceptors (Lipinski definition) is 3. The molecule has 5 nitrogen and oxygen atoms in total. The van der Waals surface area contributed by atoms with Gasteiger partial charge in [-0.3, -0.25) is 0 Å². The molecule has 0 aliphatic carbocycles. The van der Waals surface area contributed by atoms with Gasteiger partial charge in [0.05, 0.1) is 13.2 Å². The Kier molecular flexibility index (Phi) is 5.80. The van der Waals surface area contributed by atoms with Crippen LogP contribution < -0.4 is 15.4 Å². The minimum atomic E-state index is -0.417. The molecule has 2 N–H and O–H groups in total. The third-order valence-corrected chi connectivity index (χ3v) is 3.32. The van der Waals surface area contributed by atoms with Gasteiger partial charge in [0.15, 0.2) is 11.6 Å². The zero-order valence-corrected chi connectivity index (χ0v) is 12.2. The fourth-order valence-corrected chi connectivity index (χ4v) is 2.15. The van der Waals surface area contributed by atoms with Gasteiger partial charge in [0.25, 0.3) is 0 Å². The predicted molar refractivity (Wildman–Crippen MR) is 76.7 cm³/mol. The molecule has 1 aromatic carbocycles. The van der Waals surface area contributed by atoms with Crippen LogP contribution in [0.3, 0.4) is 0 Å². The number of amides is 2. The lowest BCUT2D eigenvalue weighted by Crippen LogP contribution is -2.38. The van der Waals surface area contributed by atoms with Crippen LogP contribution in [-0.2, 0) is 11.3 Å². The van der Waals surface area contributed by atoms with E-state index in [2.05, 4.69) is 10.6 Å². The molecule has 1 heterocycles. The summed E-state index contributed by atoms with van der Waals surface area (Å²) in [4.78, 5) is 11.6. The number of carbonyl (C=O) groups is 1. The van der Waals surface area contributed by atoms with E-state index in [0.29, 0.717) is 31.2 Å². The number of benzene rings is 1. The Morgan fingerprint density at radius 2 is 2.33 bits per heavy atom. The van der Waals surface area contributed by atoms with Gasteiger partial charge in [-0.25, -0.2) is 9.18 Å². The van der Waals surface area contributed by atoms with Crippen molar-refractivity contribution in [2.75, 3.05) is 26.4 Å². The molecule has 2 amide bonds. The van der Waals surface area contributed by atoms with Gasteiger partial charge < -0.3 is 20.1 Å². The van der Waals surface area contributed by atoms with Gasteiger partial charge in [-0.2, -0.15) is 0 Å². The summed E-state index contributed by atoms with van der Waals surface area (Å²) < 4.78 is 24.0. The van der Waals surface area contributed by atoms with Crippen LogP contribution in [0.15, 0.2) is 18.2 Å². The molecule has 1 aromatic rings. The van der Waals surface area contributed by atoms with E-state index in [1.54, 1.807) is 19.1 Å². The van der Waals surface area contributed by atoms with E-state index in [1.165, 1.54) is 6.07 Å². The summed E-state index contributed by atoms with van der Waals surface area (Å²) in [5.74, 6) is 0.199. The molecule has 0 radical (unpaired) electrons. The Morgan fingerprint density at radius 1 is 1.48 bits per heavy atom. The van der Waals surface area contributed by atoms with E-state index in [0.717, 1.165) is 13.0 Å². The molecule has 1 unspecified atom stereocenters. The normalized spacial score (nSPS) is 17.5. The Bertz CT molecular complexity index is 476. The smallest absolute Gasteiger partial charge is 0.315 e.